The third-order valence-electron chi connectivity index (χ3n) is 4.67. The highest BCUT2D eigenvalue weighted by atomic mass is 16.6. The Morgan fingerprint density at radius 1 is 1.32 bits per heavy atom. The molecule has 2 rings (SSSR count). The Balaban J connectivity index is 2.67. The standard InChI is InChI=1S/C19H19N3O6/c1-11-15(18(23)24)17(13-6-4-7-14(10-13)22(26)27)16(12(2)21(11)3)19(25)28-9-5-8-20/h4,6-7,10,17H,5,9H2,1-3H3,(H,23,24). The number of carbonyl (C=O) groups is 2. The van der Waals surface area contributed by atoms with Gasteiger partial charge >= 0.3 is 11.9 Å². The van der Waals surface area contributed by atoms with E-state index in [2.05, 4.69) is 0 Å². The number of rotatable bonds is 6. The van der Waals surface area contributed by atoms with Gasteiger partial charge < -0.3 is 14.7 Å². The highest BCUT2D eigenvalue weighted by Crippen LogP contribution is 2.42. The minimum absolute atomic E-state index is 0.00393. The van der Waals surface area contributed by atoms with E-state index in [4.69, 9.17) is 10.00 Å². The molecule has 0 radical (unpaired) electrons. The molecule has 1 unspecified atom stereocenters. The lowest BCUT2D eigenvalue weighted by atomic mass is 9.80. The van der Waals surface area contributed by atoms with E-state index in [1.165, 1.54) is 24.3 Å². The van der Waals surface area contributed by atoms with Gasteiger partial charge in [-0.05, 0) is 19.4 Å². The van der Waals surface area contributed by atoms with Crippen LogP contribution in [0.25, 0.3) is 0 Å². The molecule has 1 aliphatic heterocycles. The van der Waals surface area contributed by atoms with E-state index >= 15 is 0 Å². The largest absolute Gasteiger partial charge is 0.478 e. The lowest BCUT2D eigenvalue weighted by Gasteiger charge is -2.35. The van der Waals surface area contributed by atoms with Gasteiger partial charge in [0.15, 0.2) is 0 Å². The third-order valence-corrected chi connectivity index (χ3v) is 4.67. The van der Waals surface area contributed by atoms with Crippen molar-refractivity contribution in [3.8, 4) is 6.07 Å². The molecule has 9 heteroatoms. The highest BCUT2D eigenvalue weighted by molar-refractivity contribution is 5.99. The van der Waals surface area contributed by atoms with Crippen LogP contribution in [0.1, 0.15) is 31.7 Å². The second-order valence-corrected chi connectivity index (χ2v) is 6.19. The molecular formula is C19H19N3O6. The first-order chi connectivity index (χ1) is 13.2. The monoisotopic (exact) mass is 385 g/mol. The Labute approximate surface area is 161 Å². The van der Waals surface area contributed by atoms with Crippen molar-refractivity contribution in [3.63, 3.8) is 0 Å². The molecule has 0 saturated heterocycles. The molecule has 0 saturated carbocycles. The van der Waals surface area contributed by atoms with E-state index in [0.29, 0.717) is 17.0 Å². The van der Waals surface area contributed by atoms with Crippen molar-refractivity contribution in [2.75, 3.05) is 13.7 Å². The summed E-state index contributed by atoms with van der Waals surface area (Å²) in [6.07, 6.45) is -0.00393. The first-order valence-corrected chi connectivity index (χ1v) is 8.37. The fourth-order valence-corrected chi connectivity index (χ4v) is 3.14. The number of esters is 1. The van der Waals surface area contributed by atoms with Crippen LogP contribution in [0.3, 0.4) is 0 Å². The van der Waals surface area contributed by atoms with E-state index in [0.717, 1.165) is 0 Å². The van der Waals surface area contributed by atoms with Crippen molar-refractivity contribution >= 4 is 17.6 Å². The summed E-state index contributed by atoms with van der Waals surface area (Å²) in [5.74, 6) is -3.04. The van der Waals surface area contributed by atoms with Crippen LogP contribution >= 0.6 is 0 Å². The average molecular weight is 385 g/mol. The number of non-ortho nitro benzene ring substituents is 1. The number of ether oxygens (including phenoxy) is 1. The number of allylic oxidation sites excluding steroid dienone is 2. The number of nitrogens with zero attached hydrogens (tertiary/aromatic N) is 3. The summed E-state index contributed by atoms with van der Waals surface area (Å²) in [4.78, 5) is 36.9. The molecule has 1 aromatic carbocycles. The molecule has 0 amide bonds. The second-order valence-electron chi connectivity index (χ2n) is 6.19. The molecule has 0 aromatic heterocycles. The van der Waals surface area contributed by atoms with Gasteiger partial charge in [-0.3, -0.25) is 10.1 Å². The molecule has 0 aliphatic carbocycles. The predicted molar refractivity (Wildman–Crippen MR) is 97.8 cm³/mol. The Kier molecular flexibility index (Phi) is 6.15. The van der Waals surface area contributed by atoms with E-state index in [1.807, 2.05) is 6.07 Å². The van der Waals surface area contributed by atoms with Gasteiger partial charge in [0.2, 0.25) is 0 Å². The summed E-state index contributed by atoms with van der Waals surface area (Å²) in [6, 6.07) is 7.38. The van der Waals surface area contributed by atoms with E-state index < -0.39 is 22.8 Å². The maximum Gasteiger partial charge on any atom is 0.336 e. The predicted octanol–water partition coefficient (Wildman–Crippen LogP) is 2.71. The quantitative estimate of drug-likeness (QED) is 0.342. The van der Waals surface area contributed by atoms with Gasteiger partial charge in [-0.25, -0.2) is 9.59 Å². The average Bonchev–Trinajstić information content (AvgIpc) is 2.65. The SMILES string of the molecule is CC1=C(C(=O)O)C(c2cccc([N+](=O)[O-])c2)C(C(=O)OCCC#N)=C(C)N1C. The van der Waals surface area contributed by atoms with Crippen molar-refractivity contribution in [2.45, 2.75) is 26.2 Å². The normalized spacial score (nSPS) is 16.6. The molecule has 1 N–H and O–H groups in total. The summed E-state index contributed by atoms with van der Waals surface area (Å²) in [7, 11) is 1.62. The second kappa shape index (κ2) is 8.35. The van der Waals surface area contributed by atoms with Crippen molar-refractivity contribution < 1.29 is 24.4 Å². The van der Waals surface area contributed by atoms with Crippen LogP contribution in [0, 0.1) is 21.4 Å². The summed E-state index contributed by atoms with van der Waals surface area (Å²) >= 11 is 0. The number of hydrogen-bond donors (Lipinski definition) is 1. The van der Waals surface area contributed by atoms with Crippen LogP contribution in [0.4, 0.5) is 5.69 Å². The van der Waals surface area contributed by atoms with Crippen molar-refractivity contribution in [3.05, 3.63) is 62.5 Å². The topological polar surface area (TPSA) is 134 Å². The van der Waals surface area contributed by atoms with E-state index in [-0.39, 0.29) is 29.9 Å². The molecule has 0 bridgehead atoms. The number of aliphatic carboxylic acids is 1. The van der Waals surface area contributed by atoms with Crippen molar-refractivity contribution in [1.82, 2.24) is 4.90 Å². The van der Waals surface area contributed by atoms with Crippen molar-refractivity contribution in [2.24, 2.45) is 0 Å². The summed E-state index contributed by atoms with van der Waals surface area (Å²) in [6.45, 7) is 3.12. The third kappa shape index (κ3) is 3.86. The molecule has 28 heavy (non-hydrogen) atoms. The molecular weight excluding hydrogens is 366 g/mol. The fraction of sp³-hybridized carbons (Fsp3) is 0.316. The Hall–Kier alpha value is -3.67. The first kappa shape index (κ1) is 20.6. The van der Waals surface area contributed by atoms with Gasteiger partial charge in [-0.1, -0.05) is 12.1 Å². The molecule has 1 aliphatic rings. The maximum atomic E-state index is 12.7. The van der Waals surface area contributed by atoms with Crippen LogP contribution in [0.2, 0.25) is 0 Å². The lowest BCUT2D eigenvalue weighted by molar-refractivity contribution is -0.384. The number of nitriles is 1. The number of carboxylic acids is 1. The zero-order valence-corrected chi connectivity index (χ0v) is 15.6. The van der Waals surface area contributed by atoms with Gasteiger partial charge in [0.1, 0.15) is 6.61 Å². The lowest BCUT2D eigenvalue weighted by Crippen LogP contribution is -2.33. The van der Waals surface area contributed by atoms with Gasteiger partial charge in [0.25, 0.3) is 5.69 Å². The molecule has 1 aromatic rings. The molecule has 0 spiro atoms. The zero-order chi connectivity index (χ0) is 21.0. The fourth-order valence-electron chi connectivity index (χ4n) is 3.14. The smallest absolute Gasteiger partial charge is 0.336 e. The molecule has 0 fully saturated rings. The number of hydrogen-bond acceptors (Lipinski definition) is 7. The number of carbonyl (C=O) groups excluding carboxylic acids is 1. The van der Waals surface area contributed by atoms with Gasteiger partial charge in [-0.15, -0.1) is 0 Å². The number of benzene rings is 1. The number of nitro benzene ring substituents is 1. The van der Waals surface area contributed by atoms with Crippen LogP contribution < -0.4 is 0 Å². The summed E-state index contributed by atoms with van der Waals surface area (Å²) in [5, 5.41) is 29.6. The number of nitro groups is 1. The summed E-state index contributed by atoms with van der Waals surface area (Å²) in [5.41, 5.74) is 0.972. The van der Waals surface area contributed by atoms with Crippen LogP contribution in [-0.4, -0.2) is 40.5 Å². The Bertz CT molecular complexity index is 941. The first-order valence-electron chi connectivity index (χ1n) is 8.37. The van der Waals surface area contributed by atoms with Crippen LogP contribution in [0.15, 0.2) is 46.8 Å². The highest BCUT2D eigenvalue weighted by Gasteiger charge is 2.39. The minimum Gasteiger partial charge on any atom is -0.478 e. The summed E-state index contributed by atoms with van der Waals surface area (Å²) < 4.78 is 5.14. The Morgan fingerprint density at radius 3 is 2.54 bits per heavy atom. The van der Waals surface area contributed by atoms with Crippen LogP contribution in [0.5, 0.6) is 0 Å². The molecule has 146 valence electrons. The maximum absolute atomic E-state index is 12.7. The molecule has 1 atom stereocenters. The Morgan fingerprint density at radius 2 is 1.96 bits per heavy atom. The molecule has 9 nitrogen and oxygen atoms in total. The van der Waals surface area contributed by atoms with Gasteiger partial charge in [-0.2, -0.15) is 5.26 Å². The zero-order valence-electron chi connectivity index (χ0n) is 15.6. The van der Waals surface area contributed by atoms with E-state index in [1.54, 1.807) is 25.8 Å². The number of carboxylic acid groups (broad SMARTS) is 1. The van der Waals surface area contributed by atoms with Crippen molar-refractivity contribution in [1.29, 1.82) is 5.26 Å². The van der Waals surface area contributed by atoms with E-state index in [9.17, 15) is 24.8 Å². The van der Waals surface area contributed by atoms with Gasteiger partial charge in [0, 0.05) is 30.6 Å². The minimum atomic E-state index is -1.24. The van der Waals surface area contributed by atoms with Crippen LogP contribution in [-0.2, 0) is 14.3 Å². The molecule has 1 heterocycles. The van der Waals surface area contributed by atoms with Gasteiger partial charge in [0.05, 0.1) is 34.5 Å².